The summed E-state index contributed by atoms with van der Waals surface area (Å²) in [6.45, 7) is 5.18. The van der Waals surface area contributed by atoms with E-state index in [0.29, 0.717) is 0 Å². The molecule has 4 nitrogen and oxygen atoms in total. The summed E-state index contributed by atoms with van der Waals surface area (Å²) in [5.41, 5.74) is -0.339. The molecule has 90 valence electrons. The fraction of sp³-hybridized carbons (Fsp3) is 0.667. The maximum atomic E-state index is 11.5. The summed E-state index contributed by atoms with van der Waals surface area (Å²) < 4.78 is 5.39. The van der Waals surface area contributed by atoms with Crippen molar-refractivity contribution in [2.45, 2.75) is 44.6 Å². The molecule has 0 aromatic rings. The van der Waals surface area contributed by atoms with Crippen molar-refractivity contribution in [2.75, 3.05) is 6.54 Å². The molecule has 1 aliphatic rings. The van der Waals surface area contributed by atoms with Crippen molar-refractivity contribution in [1.29, 1.82) is 0 Å². The highest BCUT2D eigenvalue weighted by atomic mass is 16.6. The van der Waals surface area contributed by atoms with Crippen LogP contribution in [0.2, 0.25) is 0 Å². The standard InChI is InChI=1S/C12H19NO3/c1-3-10(14)13-9-11(15)16-12(2)7-5-4-6-8-12/h3H,1,4-9H2,2H3,(H,13,14). The number of esters is 1. The second kappa shape index (κ2) is 5.68. The molecular weight excluding hydrogens is 206 g/mol. The van der Waals surface area contributed by atoms with Gasteiger partial charge in [-0.15, -0.1) is 0 Å². The molecule has 0 aromatic carbocycles. The highest BCUT2D eigenvalue weighted by Crippen LogP contribution is 2.30. The molecule has 0 heterocycles. The molecular formula is C12H19NO3. The minimum atomic E-state index is -0.375. The summed E-state index contributed by atoms with van der Waals surface area (Å²) >= 11 is 0. The normalized spacial score (nSPS) is 18.6. The lowest BCUT2D eigenvalue weighted by Gasteiger charge is -2.33. The molecule has 1 rings (SSSR count). The van der Waals surface area contributed by atoms with E-state index < -0.39 is 0 Å². The number of hydrogen-bond donors (Lipinski definition) is 1. The first-order valence-electron chi connectivity index (χ1n) is 5.68. The highest BCUT2D eigenvalue weighted by molar-refractivity contribution is 5.89. The molecule has 1 aliphatic carbocycles. The molecule has 0 saturated heterocycles. The summed E-state index contributed by atoms with van der Waals surface area (Å²) in [6, 6.07) is 0. The highest BCUT2D eigenvalue weighted by Gasteiger charge is 2.30. The fourth-order valence-corrected chi connectivity index (χ4v) is 1.94. The van der Waals surface area contributed by atoms with Crippen LogP contribution in [0.4, 0.5) is 0 Å². The van der Waals surface area contributed by atoms with Crippen LogP contribution >= 0.6 is 0 Å². The van der Waals surface area contributed by atoms with E-state index in [1.165, 1.54) is 6.42 Å². The van der Waals surface area contributed by atoms with E-state index in [-0.39, 0.29) is 24.0 Å². The minimum absolute atomic E-state index is 0.0829. The lowest BCUT2D eigenvalue weighted by atomic mass is 9.86. The van der Waals surface area contributed by atoms with Crippen LogP contribution in [0.3, 0.4) is 0 Å². The summed E-state index contributed by atoms with van der Waals surface area (Å²) in [7, 11) is 0. The number of rotatable bonds is 4. The first-order chi connectivity index (χ1) is 7.56. The van der Waals surface area contributed by atoms with E-state index in [1.807, 2.05) is 6.92 Å². The van der Waals surface area contributed by atoms with Crippen LogP contribution in [-0.2, 0) is 14.3 Å². The van der Waals surface area contributed by atoms with Crippen LogP contribution in [0, 0.1) is 0 Å². The number of amides is 1. The van der Waals surface area contributed by atoms with E-state index in [0.717, 1.165) is 31.8 Å². The van der Waals surface area contributed by atoms with Gasteiger partial charge in [-0.3, -0.25) is 9.59 Å². The molecule has 1 N–H and O–H groups in total. The predicted molar refractivity (Wildman–Crippen MR) is 60.8 cm³/mol. The maximum Gasteiger partial charge on any atom is 0.325 e. The summed E-state index contributed by atoms with van der Waals surface area (Å²) in [5, 5.41) is 2.41. The Bertz CT molecular complexity index is 280. The fourth-order valence-electron chi connectivity index (χ4n) is 1.94. The molecule has 0 radical (unpaired) electrons. The molecule has 0 aromatic heterocycles. The Morgan fingerprint density at radius 1 is 1.38 bits per heavy atom. The third-order valence-corrected chi connectivity index (χ3v) is 2.86. The molecule has 1 saturated carbocycles. The molecule has 1 fully saturated rings. The van der Waals surface area contributed by atoms with Gasteiger partial charge in [0.15, 0.2) is 0 Å². The summed E-state index contributed by atoms with van der Waals surface area (Å²) in [4.78, 5) is 22.3. The Labute approximate surface area is 96.0 Å². The third kappa shape index (κ3) is 4.04. The van der Waals surface area contributed by atoms with Crippen molar-refractivity contribution in [3.05, 3.63) is 12.7 Å². The molecule has 4 heteroatoms. The number of carbonyl (C=O) groups excluding carboxylic acids is 2. The second-order valence-corrected chi connectivity index (χ2v) is 4.41. The van der Waals surface area contributed by atoms with Crippen LogP contribution in [0.5, 0.6) is 0 Å². The van der Waals surface area contributed by atoms with Crippen molar-refractivity contribution in [2.24, 2.45) is 0 Å². The molecule has 0 unspecified atom stereocenters. The van der Waals surface area contributed by atoms with Gasteiger partial charge in [-0.05, 0) is 38.7 Å². The van der Waals surface area contributed by atoms with Crippen molar-refractivity contribution < 1.29 is 14.3 Å². The summed E-state index contributed by atoms with van der Waals surface area (Å²) in [6.07, 6.45) is 6.36. The minimum Gasteiger partial charge on any atom is -0.458 e. The van der Waals surface area contributed by atoms with Gasteiger partial charge in [-0.25, -0.2) is 0 Å². The van der Waals surface area contributed by atoms with Crippen LogP contribution < -0.4 is 5.32 Å². The van der Waals surface area contributed by atoms with Gasteiger partial charge in [-0.1, -0.05) is 13.0 Å². The van der Waals surface area contributed by atoms with Crippen LogP contribution in [0.15, 0.2) is 12.7 Å². The first kappa shape index (κ1) is 12.7. The predicted octanol–water partition coefficient (Wildman–Crippen LogP) is 1.55. The molecule has 0 bridgehead atoms. The zero-order valence-corrected chi connectivity index (χ0v) is 9.75. The van der Waals surface area contributed by atoms with Crippen molar-refractivity contribution in [3.63, 3.8) is 0 Å². The number of hydrogen-bond acceptors (Lipinski definition) is 3. The quantitative estimate of drug-likeness (QED) is 0.583. The Morgan fingerprint density at radius 3 is 2.56 bits per heavy atom. The van der Waals surface area contributed by atoms with Crippen molar-refractivity contribution in [3.8, 4) is 0 Å². The van der Waals surface area contributed by atoms with Gasteiger partial charge in [0.05, 0.1) is 0 Å². The molecule has 16 heavy (non-hydrogen) atoms. The van der Waals surface area contributed by atoms with Gasteiger partial charge in [-0.2, -0.15) is 0 Å². The zero-order chi connectivity index (χ0) is 12.0. The SMILES string of the molecule is C=CC(=O)NCC(=O)OC1(C)CCCCC1. The van der Waals surface area contributed by atoms with Gasteiger partial charge in [0, 0.05) is 0 Å². The van der Waals surface area contributed by atoms with E-state index in [1.54, 1.807) is 0 Å². The van der Waals surface area contributed by atoms with E-state index in [4.69, 9.17) is 4.74 Å². The topological polar surface area (TPSA) is 55.4 Å². The van der Waals surface area contributed by atoms with Crippen LogP contribution in [-0.4, -0.2) is 24.0 Å². The summed E-state index contributed by atoms with van der Waals surface area (Å²) in [5.74, 6) is -0.731. The van der Waals surface area contributed by atoms with E-state index >= 15 is 0 Å². The Morgan fingerprint density at radius 2 is 2.00 bits per heavy atom. The number of carbonyl (C=O) groups is 2. The Kier molecular flexibility index (Phi) is 4.52. The van der Waals surface area contributed by atoms with Gasteiger partial charge in [0.1, 0.15) is 12.1 Å². The average molecular weight is 225 g/mol. The Hall–Kier alpha value is -1.32. The second-order valence-electron chi connectivity index (χ2n) is 4.41. The van der Waals surface area contributed by atoms with Crippen molar-refractivity contribution in [1.82, 2.24) is 5.32 Å². The van der Waals surface area contributed by atoms with E-state index in [2.05, 4.69) is 11.9 Å². The lowest BCUT2D eigenvalue weighted by molar-refractivity contribution is -0.160. The largest absolute Gasteiger partial charge is 0.458 e. The van der Waals surface area contributed by atoms with Crippen molar-refractivity contribution >= 4 is 11.9 Å². The lowest BCUT2D eigenvalue weighted by Crippen LogP contribution is -2.38. The van der Waals surface area contributed by atoms with Gasteiger partial charge in [0.2, 0.25) is 5.91 Å². The number of nitrogens with one attached hydrogen (secondary N) is 1. The van der Waals surface area contributed by atoms with Gasteiger partial charge < -0.3 is 10.1 Å². The average Bonchev–Trinajstić information content (AvgIpc) is 2.26. The molecule has 0 aliphatic heterocycles. The van der Waals surface area contributed by atoms with Crippen LogP contribution in [0.1, 0.15) is 39.0 Å². The van der Waals surface area contributed by atoms with E-state index in [9.17, 15) is 9.59 Å². The Balaban J connectivity index is 2.32. The maximum absolute atomic E-state index is 11.5. The number of ether oxygens (including phenoxy) is 1. The monoisotopic (exact) mass is 225 g/mol. The molecule has 0 atom stereocenters. The zero-order valence-electron chi connectivity index (χ0n) is 9.75. The smallest absolute Gasteiger partial charge is 0.325 e. The van der Waals surface area contributed by atoms with Gasteiger partial charge >= 0.3 is 5.97 Å². The molecule has 1 amide bonds. The molecule has 0 spiro atoms. The van der Waals surface area contributed by atoms with Gasteiger partial charge in [0.25, 0.3) is 0 Å². The third-order valence-electron chi connectivity index (χ3n) is 2.86. The van der Waals surface area contributed by atoms with Crippen LogP contribution in [0.25, 0.3) is 0 Å². The first-order valence-corrected chi connectivity index (χ1v) is 5.68.